The van der Waals surface area contributed by atoms with Gasteiger partial charge in [0, 0.05) is 37.7 Å². The maximum absolute atomic E-state index is 13.5. The SMILES string of the molecule is [2H]C([2H])([2H])C([2H])(C([2H])([2H])[2H])C([2H])([2H])C(=O)N1CC2(CC2)C[C@H]1C(=O)N[C@@H](C[C@@H]1CCNC1=O)C(=O)COC(F)(F)F. The molecule has 3 amide bonds. The van der Waals surface area contributed by atoms with Gasteiger partial charge in [0.15, 0.2) is 5.78 Å². The van der Waals surface area contributed by atoms with Gasteiger partial charge in [-0.05, 0) is 43.4 Å². The first kappa shape index (κ1) is 14.9. The van der Waals surface area contributed by atoms with E-state index in [0.717, 1.165) is 0 Å². The van der Waals surface area contributed by atoms with Crippen LogP contribution in [0.15, 0.2) is 0 Å². The van der Waals surface area contributed by atoms with E-state index in [2.05, 4.69) is 15.4 Å². The molecule has 0 bridgehead atoms. The van der Waals surface area contributed by atoms with E-state index in [1.807, 2.05) is 0 Å². The molecule has 2 saturated heterocycles. The van der Waals surface area contributed by atoms with Gasteiger partial charge in [-0.2, -0.15) is 0 Å². The Balaban J connectivity index is 1.90. The molecule has 8 nitrogen and oxygen atoms in total. The smallest absolute Gasteiger partial charge is 0.356 e. The van der Waals surface area contributed by atoms with Gasteiger partial charge in [-0.25, -0.2) is 0 Å². The van der Waals surface area contributed by atoms with E-state index in [-0.39, 0.29) is 25.9 Å². The van der Waals surface area contributed by atoms with Crippen molar-refractivity contribution in [2.75, 3.05) is 19.7 Å². The number of nitrogens with zero attached hydrogens (tertiary/aromatic N) is 1. The second-order valence-corrected chi connectivity index (χ2v) is 8.43. The predicted molar refractivity (Wildman–Crippen MR) is 106 cm³/mol. The number of nitrogens with one attached hydrogen (secondary N) is 2. The third kappa shape index (κ3) is 6.20. The molecule has 1 aliphatic carbocycles. The van der Waals surface area contributed by atoms with E-state index in [1.165, 1.54) is 0 Å². The van der Waals surface area contributed by atoms with E-state index < -0.39 is 92.3 Å². The van der Waals surface area contributed by atoms with Crippen molar-refractivity contribution in [1.82, 2.24) is 15.5 Å². The first-order chi connectivity index (χ1) is 18.5. The molecule has 0 unspecified atom stereocenters. The molecule has 1 saturated carbocycles. The standard InChI is InChI=1S/C21H30F3N3O5/c1-12(2)7-17(29)27-11-20(4-5-20)9-15(27)19(31)26-14(8-13-3-6-25-18(13)30)16(28)10-32-21(22,23)24/h12-15H,3-11H2,1-2H3,(H,25,30)(H,26,31)/t13-,14-,15-/m0/s1/i1D3,2D3,7D2,12D. The van der Waals surface area contributed by atoms with Gasteiger partial charge in [0.2, 0.25) is 17.7 Å². The summed E-state index contributed by atoms with van der Waals surface area (Å²) in [5.41, 5.74) is -0.678. The number of alkyl halides is 3. The second kappa shape index (κ2) is 9.36. The fourth-order valence-corrected chi connectivity index (χ4v) is 4.17. The van der Waals surface area contributed by atoms with Gasteiger partial charge in [0.05, 0.1) is 6.04 Å². The Bertz CT molecular complexity index is 1070. The number of Topliss-reactive ketones (excluding diaryl/α,β-unsaturated/α-hetero) is 1. The molecule has 0 radical (unpaired) electrons. The lowest BCUT2D eigenvalue weighted by molar-refractivity contribution is -0.321. The lowest BCUT2D eigenvalue weighted by Gasteiger charge is -2.27. The van der Waals surface area contributed by atoms with Crippen molar-refractivity contribution < 1.29 is 49.4 Å². The number of halogens is 3. The number of ketones is 1. The first-order valence-electron chi connectivity index (χ1n) is 14.6. The minimum Gasteiger partial charge on any atom is -0.356 e. The highest BCUT2D eigenvalue weighted by molar-refractivity contribution is 5.94. The highest BCUT2D eigenvalue weighted by atomic mass is 19.4. The van der Waals surface area contributed by atoms with Crippen LogP contribution in [0.25, 0.3) is 0 Å². The molecule has 32 heavy (non-hydrogen) atoms. The Morgan fingerprint density at radius 1 is 1.41 bits per heavy atom. The molecule has 0 aromatic carbocycles. The maximum atomic E-state index is 13.5. The third-order valence-corrected chi connectivity index (χ3v) is 6.03. The molecule has 180 valence electrons. The molecule has 3 aliphatic rings. The molecule has 3 atom stereocenters. The van der Waals surface area contributed by atoms with Gasteiger partial charge in [-0.15, -0.1) is 13.2 Å². The summed E-state index contributed by atoms with van der Waals surface area (Å²) in [7, 11) is 0. The monoisotopic (exact) mass is 470 g/mol. The number of hydrogen-bond donors (Lipinski definition) is 2. The Hall–Kier alpha value is -2.17. The van der Waals surface area contributed by atoms with Gasteiger partial charge < -0.3 is 15.5 Å². The number of amides is 3. The van der Waals surface area contributed by atoms with Gasteiger partial charge in [-0.3, -0.25) is 23.9 Å². The zero-order valence-corrected chi connectivity index (χ0v) is 17.0. The molecule has 0 aromatic heterocycles. The van der Waals surface area contributed by atoms with Crippen LogP contribution in [0.4, 0.5) is 13.2 Å². The van der Waals surface area contributed by atoms with E-state index >= 15 is 0 Å². The summed E-state index contributed by atoms with van der Waals surface area (Å²) in [5.74, 6) is -9.30. The Morgan fingerprint density at radius 2 is 2.12 bits per heavy atom. The minimum absolute atomic E-state index is 0.0862. The summed E-state index contributed by atoms with van der Waals surface area (Å²) in [6, 6.07) is -3.23. The normalized spacial score (nSPS) is 30.9. The molecule has 2 heterocycles. The lowest BCUT2D eigenvalue weighted by Crippen LogP contribution is -2.52. The average Bonchev–Trinajstić information content (AvgIpc) is 3.28. The summed E-state index contributed by atoms with van der Waals surface area (Å²) < 4.78 is 111. The fourth-order valence-electron chi connectivity index (χ4n) is 4.17. The van der Waals surface area contributed by atoms with Crippen molar-refractivity contribution in [1.29, 1.82) is 0 Å². The quantitative estimate of drug-likeness (QED) is 0.532. The number of likely N-dealkylation sites (tertiary alicyclic amines) is 1. The van der Waals surface area contributed by atoms with Crippen LogP contribution in [0.1, 0.15) is 64.5 Å². The van der Waals surface area contributed by atoms with Crippen LogP contribution in [-0.2, 0) is 23.9 Å². The van der Waals surface area contributed by atoms with Crippen molar-refractivity contribution in [3.05, 3.63) is 0 Å². The van der Waals surface area contributed by atoms with Crippen molar-refractivity contribution in [2.45, 2.75) is 70.6 Å². The average molecular weight is 471 g/mol. The topological polar surface area (TPSA) is 105 Å². The largest absolute Gasteiger partial charge is 0.522 e. The number of rotatable bonds is 9. The molecular weight excluding hydrogens is 431 g/mol. The summed E-state index contributed by atoms with van der Waals surface area (Å²) in [6.45, 7) is -9.13. The summed E-state index contributed by atoms with van der Waals surface area (Å²) in [4.78, 5) is 52.2. The molecule has 3 rings (SSSR count). The van der Waals surface area contributed by atoms with Crippen LogP contribution >= 0.6 is 0 Å². The Labute approximate surface area is 197 Å². The van der Waals surface area contributed by atoms with Crippen molar-refractivity contribution in [3.8, 4) is 0 Å². The van der Waals surface area contributed by atoms with Crippen molar-refractivity contribution in [2.24, 2.45) is 17.2 Å². The fraction of sp³-hybridized carbons (Fsp3) is 0.810. The molecular formula is C21H30F3N3O5. The highest BCUT2D eigenvalue weighted by Crippen LogP contribution is 2.55. The van der Waals surface area contributed by atoms with Gasteiger partial charge >= 0.3 is 6.36 Å². The van der Waals surface area contributed by atoms with Crippen molar-refractivity contribution in [3.63, 3.8) is 0 Å². The van der Waals surface area contributed by atoms with Gasteiger partial charge in [0.25, 0.3) is 0 Å². The summed E-state index contributed by atoms with van der Waals surface area (Å²) in [6.07, 6.45) is -8.29. The summed E-state index contributed by atoms with van der Waals surface area (Å²) >= 11 is 0. The molecule has 11 heteroatoms. The predicted octanol–water partition coefficient (Wildman–Crippen LogP) is 1.53. The molecule has 2 N–H and O–H groups in total. The lowest BCUT2D eigenvalue weighted by atomic mass is 9.95. The van der Waals surface area contributed by atoms with Gasteiger partial charge in [0.1, 0.15) is 12.6 Å². The number of carbonyl (C=O) groups is 4. The van der Waals surface area contributed by atoms with E-state index in [0.29, 0.717) is 17.7 Å². The van der Waals surface area contributed by atoms with Gasteiger partial charge in [-0.1, -0.05) is 13.7 Å². The van der Waals surface area contributed by atoms with Crippen LogP contribution < -0.4 is 10.6 Å². The maximum Gasteiger partial charge on any atom is 0.522 e. The second-order valence-electron chi connectivity index (χ2n) is 8.43. The molecule has 1 spiro atoms. The minimum atomic E-state index is -5.16. The zero-order valence-electron chi connectivity index (χ0n) is 26.0. The molecule has 0 aromatic rings. The third-order valence-electron chi connectivity index (χ3n) is 6.03. The van der Waals surface area contributed by atoms with Crippen LogP contribution in [0.5, 0.6) is 0 Å². The number of hydrogen-bond acceptors (Lipinski definition) is 5. The summed E-state index contributed by atoms with van der Waals surface area (Å²) in [5, 5.41) is 4.74. The van der Waals surface area contributed by atoms with Crippen LogP contribution in [0.2, 0.25) is 0 Å². The van der Waals surface area contributed by atoms with Crippen LogP contribution in [-0.4, -0.2) is 66.5 Å². The van der Waals surface area contributed by atoms with E-state index in [4.69, 9.17) is 12.3 Å². The molecule has 3 fully saturated rings. The van der Waals surface area contributed by atoms with E-state index in [9.17, 15) is 32.3 Å². The Morgan fingerprint density at radius 3 is 2.69 bits per heavy atom. The van der Waals surface area contributed by atoms with Crippen LogP contribution in [0, 0.1) is 17.2 Å². The first-order valence-corrected chi connectivity index (χ1v) is 10.1. The number of ether oxygens (including phenoxy) is 1. The van der Waals surface area contributed by atoms with Crippen LogP contribution in [0.3, 0.4) is 0 Å². The van der Waals surface area contributed by atoms with E-state index in [1.54, 1.807) is 0 Å². The zero-order chi connectivity index (χ0) is 31.4. The van der Waals surface area contributed by atoms with Crippen molar-refractivity contribution >= 4 is 23.5 Å². The molecule has 2 aliphatic heterocycles. The highest BCUT2D eigenvalue weighted by Gasteiger charge is 2.55. The Kier molecular flexibility index (Phi) is 4.35. The number of carbonyl (C=O) groups excluding carboxylic acids is 4.